The molecule has 0 unspecified atom stereocenters. The van der Waals surface area contributed by atoms with Gasteiger partial charge in [0.15, 0.2) is 0 Å². The minimum Gasteiger partial charge on any atom is -0.346 e. The van der Waals surface area contributed by atoms with E-state index in [1.807, 2.05) is 32.4 Å². The monoisotopic (exact) mass is 311 g/mol. The molecule has 0 aliphatic heterocycles. The van der Waals surface area contributed by atoms with Crippen LogP contribution in [-0.4, -0.2) is 37.4 Å². The van der Waals surface area contributed by atoms with Crippen LogP contribution in [0.1, 0.15) is 38.9 Å². The van der Waals surface area contributed by atoms with E-state index in [4.69, 9.17) is 6.42 Å². The first-order valence-electron chi connectivity index (χ1n) is 7.17. The lowest BCUT2D eigenvalue weighted by Gasteiger charge is -2.18. The van der Waals surface area contributed by atoms with Crippen molar-refractivity contribution in [2.24, 2.45) is 0 Å². The Labute approximate surface area is 128 Å². The molecule has 5 nitrogen and oxygen atoms in total. The van der Waals surface area contributed by atoms with Crippen molar-refractivity contribution < 1.29 is 8.42 Å². The minimum atomic E-state index is -3.54. The van der Waals surface area contributed by atoms with Crippen LogP contribution in [0, 0.1) is 12.3 Å². The normalized spacial score (nSPS) is 12.0. The summed E-state index contributed by atoms with van der Waals surface area (Å²) in [6, 6.07) is 1.93. The Bertz CT molecular complexity index is 597. The third-order valence-electron chi connectivity index (χ3n) is 3.20. The number of hydrogen-bond donors (Lipinski definition) is 1. The van der Waals surface area contributed by atoms with E-state index in [0.29, 0.717) is 18.0 Å². The molecule has 0 aliphatic rings. The summed E-state index contributed by atoms with van der Waals surface area (Å²) in [5.74, 6) is 2.43. The van der Waals surface area contributed by atoms with E-state index < -0.39 is 10.0 Å². The van der Waals surface area contributed by atoms with Crippen molar-refractivity contribution in [3.8, 4) is 12.3 Å². The summed E-state index contributed by atoms with van der Waals surface area (Å²) in [6.45, 7) is 7.15. The number of nitrogens with one attached hydrogen (secondary N) is 1. The van der Waals surface area contributed by atoms with E-state index in [-0.39, 0.29) is 12.6 Å². The molecule has 6 heteroatoms. The van der Waals surface area contributed by atoms with Crippen LogP contribution in [0.3, 0.4) is 0 Å². The molecule has 0 radical (unpaired) electrons. The Balaban J connectivity index is 3.24. The number of sulfonamides is 1. The van der Waals surface area contributed by atoms with E-state index >= 15 is 0 Å². The number of terminal acetylenes is 1. The lowest BCUT2D eigenvalue weighted by atomic mass is 10.3. The summed E-state index contributed by atoms with van der Waals surface area (Å²) >= 11 is 0. The van der Waals surface area contributed by atoms with Gasteiger partial charge in [0.25, 0.3) is 0 Å². The summed E-state index contributed by atoms with van der Waals surface area (Å²) in [6.07, 6.45) is 7.73. The minimum absolute atomic E-state index is 0.102. The molecule has 1 aromatic rings. The average Bonchev–Trinajstić information content (AvgIpc) is 2.84. The number of rotatable bonds is 8. The maximum absolute atomic E-state index is 12.7. The highest BCUT2D eigenvalue weighted by molar-refractivity contribution is 7.89. The largest absolute Gasteiger partial charge is 0.346 e. The molecule has 0 bridgehead atoms. The van der Waals surface area contributed by atoms with Gasteiger partial charge in [-0.2, -0.15) is 4.31 Å². The van der Waals surface area contributed by atoms with Gasteiger partial charge in [0.1, 0.15) is 4.90 Å². The summed E-state index contributed by atoms with van der Waals surface area (Å²) < 4.78 is 28.7. The molecule has 0 spiro atoms. The van der Waals surface area contributed by atoms with Gasteiger partial charge in [-0.15, -0.1) is 6.42 Å². The fraction of sp³-hybridized carbons (Fsp3) is 0.600. The van der Waals surface area contributed by atoms with E-state index in [0.717, 1.165) is 12.1 Å². The molecule has 118 valence electrons. The van der Waals surface area contributed by atoms with Crippen molar-refractivity contribution in [1.82, 2.24) is 14.2 Å². The van der Waals surface area contributed by atoms with Crippen LogP contribution in [0.2, 0.25) is 0 Å². The topological polar surface area (TPSA) is 54.3 Å². The smallest absolute Gasteiger partial charge is 0.245 e. The van der Waals surface area contributed by atoms with Gasteiger partial charge < -0.3 is 9.88 Å². The third-order valence-corrected chi connectivity index (χ3v) is 5.01. The molecule has 0 amide bonds. The highest BCUT2D eigenvalue weighted by Gasteiger charge is 2.25. The Hall–Kier alpha value is -1.29. The van der Waals surface area contributed by atoms with Gasteiger partial charge in [0, 0.05) is 31.0 Å². The van der Waals surface area contributed by atoms with Gasteiger partial charge in [-0.25, -0.2) is 8.42 Å². The third kappa shape index (κ3) is 4.10. The maximum atomic E-state index is 12.7. The van der Waals surface area contributed by atoms with Crippen LogP contribution in [-0.2, 0) is 16.6 Å². The van der Waals surface area contributed by atoms with Crippen molar-refractivity contribution in [2.75, 3.05) is 20.1 Å². The van der Waals surface area contributed by atoms with Gasteiger partial charge in [0.2, 0.25) is 10.0 Å². The van der Waals surface area contributed by atoms with Crippen molar-refractivity contribution in [1.29, 1.82) is 0 Å². The molecule has 0 aliphatic carbocycles. The van der Waals surface area contributed by atoms with Crippen LogP contribution >= 0.6 is 0 Å². The maximum Gasteiger partial charge on any atom is 0.245 e. The lowest BCUT2D eigenvalue weighted by molar-refractivity contribution is 0.445. The second-order valence-electron chi connectivity index (χ2n) is 5.24. The Morgan fingerprint density at radius 3 is 2.62 bits per heavy atom. The molecule has 0 fully saturated rings. The number of nitrogens with zero attached hydrogens (tertiary/aromatic N) is 2. The highest BCUT2D eigenvalue weighted by atomic mass is 32.2. The first-order chi connectivity index (χ1) is 9.88. The van der Waals surface area contributed by atoms with E-state index in [1.165, 1.54) is 4.31 Å². The fourth-order valence-corrected chi connectivity index (χ4v) is 3.72. The predicted octanol–water partition coefficient (Wildman–Crippen LogP) is 1.82. The van der Waals surface area contributed by atoms with E-state index in [1.54, 1.807) is 12.3 Å². The zero-order valence-electron chi connectivity index (χ0n) is 13.3. The number of hydrogen-bond acceptors (Lipinski definition) is 3. The van der Waals surface area contributed by atoms with Crippen molar-refractivity contribution >= 4 is 10.0 Å². The Morgan fingerprint density at radius 1 is 1.48 bits per heavy atom. The second-order valence-corrected chi connectivity index (χ2v) is 7.18. The van der Waals surface area contributed by atoms with Crippen molar-refractivity contribution in [3.05, 3.63) is 18.0 Å². The first-order valence-corrected chi connectivity index (χ1v) is 8.61. The lowest BCUT2D eigenvalue weighted by Crippen LogP contribution is -2.32. The fourth-order valence-electron chi connectivity index (χ4n) is 2.23. The zero-order valence-corrected chi connectivity index (χ0v) is 14.1. The summed E-state index contributed by atoms with van der Waals surface area (Å²) in [5, 5.41) is 3.06. The summed E-state index contributed by atoms with van der Waals surface area (Å²) in [4.78, 5) is 0.310. The van der Waals surface area contributed by atoms with E-state index in [9.17, 15) is 8.42 Å². The van der Waals surface area contributed by atoms with Gasteiger partial charge >= 0.3 is 0 Å². The molecule has 1 N–H and O–H groups in total. The molecule has 1 heterocycles. The molecule has 0 atom stereocenters. The van der Waals surface area contributed by atoms with Gasteiger partial charge in [0.05, 0.1) is 6.54 Å². The molecule has 0 aromatic carbocycles. The second kappa shape index (κ2) is 7.64. The van der Waals surface area contributed by atoms with Gasteiger partial charge in [-0.3, -0.25) is 0 Å². The van der Waals surface area contributed by atoms with Gasteiger partial charge in [-0.1, -0.05) is 12.8 Å². The van der Waals surface area contributed by atoms with Crippen LogP contribution in [0.25, 0.3) is 0 Å². The zero-order chi connectivity index (χ0) is 16.0. The SMILES string of the molecule is C#CCN(CCC)S(=O)(=O)c1cc(CNC)n(C(C)C)c1. The molecular formula is C15H25N3O2S. The highest BCUT2D eigenvalue weighted by Crippen LogP contribution is 2.22. The van der Waals surface area contributed by atoms with E-state index in [2.05, 4.69) is 11.2 Å². The molecule has 1 rings (SSSR count). The molecule has 0 saturated heterocycles. The van der Waals surface area contributed by atoms with Crippen LogP contribution in [0.5, 0.6) is 0 Å². The van der Waals surface area contributed by atoms with Gasteiger partial charge in [-0.05, 0) is 33.4 Å². The van der Waals surface area contributed by atoms with Crippen LogP contribution in [0.4, 0.5) is 0 Å². The first kappa shape index (κ1) is 17.8. The van der Waals surface area contributed by atoms with Crippen molar-refractivity contribution in [3.63, 3.8) is 0 Å². The predicted molar refractivity (Wildman–Crippen MR) is 85.5 cm³/mol. The molecular weight excluding hydrogens is 286 g/mol. The Morgan fingerprint density at radius 2 is 2.14 bits per heavy atom. The van der Waals surface area contributed by atoms with Crippen LogP contribution < -0.4 is 5.32 Å². The molecule has 1 aromatic heterocycles. The van der Waals surface area contributed by atoms with Crippen molar-refractivity contribution in [2.45, 2.75) is 44.7 Å². The molecule has 21 heavy (non-hydrogen) atoms. The summed E-state index contributed by atoms with van der Waals surface area (Å²) in [7, 11) is -1.70. The standard InChI is InChI=1S/C15H25N3O2S/c1-6-8-17(9-7-2)21(19,20)15-10-14(11-16-5)18(12-15)13(3)4/h1,10,12-13,16H,7-9,11H2,2-5H3. The summed E-state index contributed by atoms with van der Waals surface area (Å²) in [5.41, 5.74) is 0.947. The quantitative estimate of drug-likeness (QED) is 0.745. The average molecular weight is 311 g/mol. The van der Waals surface area contributed by atoms with Crippen LogP contribution in [0.15, 0.2) is 17.2 Å². The molecule has 0 saturated carbocycles. The Kier molecular flexibility index (Phi) is 6.46. The number of aromatic nitrogens is 1.